The Morgan fingerprint density at radius 2 is 2.05 bits per heavy atom. The number of carbonyl (C=O) groups excluding carboxylic acids is 2. The van der Waals surface area contributed by atoms with E-state index in [-0.39, 0.29) is 24.3 Å². The summed E-state index contributed by atoms with van der Waals surface area (Å²) in [5.74, 6) is -0.216. The summed E-state index contributed by atoms with van der Waals surface area (Å²) in [6.45, 7) is 3.70. The molecule has 114 valence electrons. The average Bonchev–Trinajstić information content (AvgIpc) is 2.49. The number of aryl methyl sites for hydroxylation is 1. The van der Waals surface area contributed by atoms with Gasteiger partial charge >= 0.3 is 0 Å². The first-order valence-electron chi connectivity index (χ1n) is 7.10. The fourth-order valence-electron chi connectivity index (χ4n) is 2.32. The van der Waals surface area contributed by atoms with Gasteiger partial charge in [-0.1, -0.05) is 15.9 Å². The number of nitrogens with one attached hydrogen (secondary N) is 3. The molecule has 0 unspecified atom stereocenters. The van der Waals surface area contributed by atoms with Crippen LogP contribution in [0.3, 0.4) is 0 Å². The molecule has 0 radical (unpaired) electrons. The van der Waals surface area contributed by atoms with E-state index >= 15 is 0 Å². The van der Waals surface area contributed by atoms with Gasteiger partial charge in [-0.2, -0.15) is 0 Å². The van der Waals surface area contributed by atoms with Crippen LogP contribution in [0.2, 0.25) is 0 Å². The number of amides is 2. The summed E-state index contributed by atoms with van der Waals surface area (Å²) in [6.07, 6.45) is 1.67. The van der Waals surface area contributed by atoms with Crippen molar-refractivity contribution in [2.75, 3.05) is 25.0 Å². The lowest BCUT2D eigenvalue weighted by Crippen LogP contribution is -2.41. The van der Waals surface area contributed by atoms with E-state index in [1.807, 2.05) is 25.1 Å². The number of rotatable bonds is 4. The molecule has 0 aliphatic carbocycles. The summed E-state index contributed by atoms with van der Waals surface area (Å²) in [4.78, 5) is 23.8. The normalized spacial score (nSPS) is 15.5. The van der Waals surface area contributed by atoms with Crippen molar-refractivity contribution < 1.29 is 9.59 Å². The summed E-state index contributed by atoms with van der Waals surface area (Å²) in [5, 5.41) is 8.71. The summed E-state index contributed by atoms with van der Waals surface area (Å²) >= 11 is 3.41. The third kappa shape index (κ3) is 4.82. The monoisotopic (exact) mass is 353 g/mol. The number of hydrogen-bond donors (Lipinski definition) is 3. The van der Waals surface area contributed by atoms with E-state index in [4.69, 9.17) is 0 Å². The molecule has 0 spiro atoms. The third-order valence-electron chi connectivity index (χ3n) is 3.57. The van der Waals surface area contributed by atoms with Gasteiger partial charge < -0.3 is 16.0 Å². The fraction of sp³-hybridized carbons (Fsp3) is 0.467. The molecule has 1 aromatic carbocycles. The zero-order chi connectivity index (χ0) is 15.2. The van der Waals surface area contributed by atoms with Gasteiger partial charge in [0.05, 0.1) is 6.54 Å². The van der Waals surface area contributed by atoms with Crippen LogP contribution in [-0.2, 0) is 9.59 Å². The number of hydrogen-bond acceptors (Lipinski definition) is 3. The Bertz CT molecular complexity index is 528. The van der Waals surface area contributed by atoms with Crippen molar-refractivity contribution in [3.05, 3.63) is 28.2 Å². The molecular formula is C15H20BrN3O2. The van der Waals surface area contributed by atoms with Crippen LogP contribution < -0.4 is 16.0 Å². The van der Waals surface area contributed by atoms with Gasteiger partial charge in [-0.15, -0.1) is 0 Å². The molecule has 2 amide bonds. The van der Waals surface area contributed by atoms with E-state index in [0.717, 1.165) is 41.7 Å². The minimum atomic E-state index is -0.209. The molecule has 1 saturated heterocycles. The summed E-state index contributed by atoms with van der Waals surface area (Å²) < 4.78 is 1.000. The second-order valence-electron chi connectivity index (χ2n) is 5.25. The molecule has 5 nitrogen and oxygen atoms in total. The van der Waals surface area contributed by atoms with E-state index < -0.39 is 0 Å². The molecule has 0 atom stereocenters. The van der Waals surface area contributed by atoms with Crippen molar-refractivity contribution in [2.45, 2.75) is 19.8 Å². The van der Waals surface area contributed by atoms with E-state index in [0.29, 0.717) is 0 Å². The molecule has 1 aliphatic rings. The lowest BCUT2D eigenvalue weighted by molar-refractivity contribution is -0.127. The summed E-state index contributed by atoms with van der Waals surface area (Å²) in [5.41, 5.74) is 1.78. The lowest BCUT2D eigenvalue weighted by atomic mass is 9.97. The zero-order valence-corrected chi connectivity index (χ0v) is 13.6. The molecule has 0 aromatic heterocycles. The van der Waals surface area contributed by atoms with Crippen LogP contribution in [0.25, 0.3) is 0 Å². The first-order chi connectivity index (χ1) is 10.1. The summed E-state index contributed by atoms with van der Waals surface area (Å²) in [6, 6.07) is 5.60. The Morgan fingerprint density at radius 1 is 1.33 bits per heavy atom. The highest BCUT2D eigenvalue weighted by Gasteiger charge is 2.20. The smallest absolute Gasteiger partial charge is 0.243 e. The van der Waals surface area contributed by atoms with Crippen LogP contribution in [0.4, 0.5) is 5.69 Å². The van der Waals surface area contributed by atoms with E-state index in [2.05, 4.69) is 31.9 Å². The minimum absolute atomic E-state index is 0.0118. The van der Waals surface area contributed by atoms with Crippen molar-refractivity contribution in [1.82, 2.24) is 10.6 Å². The first-order valence-corrected chi connectivity index (χ1v) is 7.90. The molecule has 1 heterocycles. The minimum Gasteiger partial charge on any atom is -0.347 e. The Balaban J connectivity index is 1.78. The van der Waals surface area contributed by atoms with Crippen molar-refractivity contribution in [3.63, 3.8) is 0 Å². The number of benzene rings is 1. The van der Waals surface area contributed by atoms with Crippen LogP contribution in [0.5, 0.6) is 0 Å². The van der Waals surface area contributed by atoms with Crippen LogP contribution in [-0.4, -0.2) is 31.4 Å². The largest absolute Gasteiger partial charge is 0.347 e. The van der Waals surface area contributed by atoms with E-state index in [1.54, 1.807) is 0 Å². The van der Waals surface area contributed by atoms with Gasteiger partial charge in [-0.05, 0) is 56.6 Å². The second kappa shape index (κ2) is 7.56. The fourth-order valence-corrected chi connectivity index (χ4v) is 2.57. The highest BCUT2D eigenvalue weighted by Crippen LogP contribution is 2.19. The molecule has 1 aromatic rings. The Morgan fingerprint density at radius 3 is 2.71 bits per heavy atom. The molecule has 0 bridgehead atoms. The maximum Gasteiger partial charge on any atom is 0.243 e. The number of piperidine rings is 1. The van der Waals surface area contributed by atoms with Gasteiger partial charge in [-0.3, -0.25) is 9.59 Å². The van der Waals surface area contributed by atoms with E-state index in [9.17, 15) is 9.59 Å². The third-order valence-corrected chi connectivity index (χ3v) is 4.46. The highest BCUT2D eigenvalue weighted by molar-refractivity contribution is 9.10. The maximum atomic E-state index is 11.9. The molecular weight excluding hydrogens is 334 g/mol. The molecule has 0 saturated carbocycles. The quantitative estimate of drug-likeness (QED) is 0.773. The van der Waals surface area contributed by atoms with Gasteiger partial charge in [0.15, 0.2) is 0 Å². The Labute approximate surface area is 133 Å². The average molecular weight is 354 g/mol. The predicted octanol–water partition coefficient (Wildman–Crippen LogP) is 1.81. The van der Waals surface area contributed by atoms with Crippen LogP contribution in [0.1, 0.15) is 18.4 Å². The van der Waals surface area contributed by atoms with Gasteiger partial charge in [0.1, 0.15) is 0 Å². The van der Waals surface area contributed by atoms with Crippen molar-refractivity contribution in [3.8, 4) is 0 Å². The molecule has 1 fully saturated rings. The number of carbonyl (C=O) groups is 2. The Hall–Kier alpha value is -1.40. The topological polar surface area (TPSA) is 70.2 Å². The van der Waals surface area contributed by atoms with Crippen LogP contribution in [0.15, 0.2) is 22.7 Å². The SMILES string of the molecule is Cc1cc(NC(=O)CNC(=O)C2CCNCC2)ccc1Br. The van der Waals surface area contributed by atoms with Crippen LogP contribution >= 0.6 is 15.9 Å². The van der Waals surface area contributed by atoms with E-state index in [1.165, 1.54) is 0 Å². The van der Waals surface area contributed by atoms with Crippen molar-refractivity contribution in [2.24, 2.45) is 5.92 Å². The molecule has 3 N–H and O–H groups in total. The zero-order valence-electron chi connectivity index (χ0n) is 12.0. The lowest BCUT2D eigenvalue weighted by Gasteiger charge is -2.21. The van der Waals surface area contributed by atoms with Crippen molar-refractivity contribution >= 4 is 33.4 Å². The predicted molar refractivity (Wildman–Crippen MR) is 86.1 cm³/mol. The summed E-state index contributed by atoms with van der Waals surface area (Å²) in [7, 11) is 0. The molecule has 1 aliphatic heterocycles. The van der Waals surface area contributed by atoms with Crippen LogP contribution in [0, 0.1) is 12.8 Å². The number of anilines is 1. The standard InChI is InChI=1S/C15H20BrN3O2/c1-10-8-12(2-3-13(10)16)19-14(20)9-18-15(21)11-4-6-17-7-5-11/h2-3,8,11,17H,4-7,9H2,1H3,(H,18,21)(H,19,20). The first kappa shape index (κ1) is 16.0. The second-order valence-corrected chi connectivity index (χ2v) is 6.11. The van der Waals surface area contributed by atoms with Gasteiger partial charge in [0.25, 0.3) is 0 Å². The Kier molecular flexibility index (Phi) is 5.76. The van der Waals surface area contributed by atoms with Gasteiger partial charge in [-0.25, -0.2) is 0 Å². The maximum absolute atomic E-state index is 11.9. The van der Waals surface area contributed by atoms with Crippen molar-refractivity contribution in [1.29, 1.82) is 0 Å². The van der Waals surface area contributed by atoms with Gasteiger partial charge in [0, 0.05) is 16.1 Å². The van der Waals surface area contributed by atoms with Gasteiger partial charge in [0.2, 0.25) is 11.8 Å². The molecule has 6 heteroatoms. The number of halogens is 1. The molecule has 2 rings (SSSR count). The molecule has 21 heavy (non-hydrogen) atoms. The highest BCUT2D eigenvalue weighted by atomic mass is 79.9.